The van der Waals surface area contributed by atoms with Gasteiger partial charge < -0.3 is 10.0 Å². The molecule has 0 radical (unpaired) electrons. The number of hydrogen-bond donors (Lipinski definition) is 1. The van der Waals surface area contributed by atoms with E-state index in [0.29, 0.717) is 32.1 Å². The summed E-state index contributed by atoms with van der Waals surface area (Å²) in [6.45, 7) is 0. The molecule has 0 aliphatic carbocycles. The van der Waals surface area contributed by atoms with Crippen molar-refractivity contribution in [2.45, 2.75) is 12.5 Å². The molecule has 0 saturated carbocycles. The van der Waals surface area contributed by atoms with E-state index in [2.05, 4.69) is 10.1 Å². The second kappa shape index (κ2) is 8.85. The SMILES string of the molecule is ON=C(c1ccc(Cl)cc1Cl)C(Cc1ccc(Cl)cc1Cl)On1ccnc1. The number of benzene rings is 2. The van der Waals surface area contributed by atoms with E-state index in [0.717, 1.165) is 5.56 Å². The summed E-state index contributed by atoms with van der Waals surface area (Å²) in [4.78, 5) is 9.86. The molecule has 2 aromatic carbocycles. The molecule has 27 heavy (non-hydrogen) atoms. The molecule has 0 aliphatic heterocycles. The van der Waals surface area contributed by atoms with Gasteiger partial charge in [0.1, 0.15) is 12.0 Å². The number of hydrogen-bond acceptors (Lipinski definition) is 4. The molecule has 1 atom stereocenters. The van der Waals surface area contributed by atoms with E-state index >= 15 is 0 Å². The number of rotatable bonds is 6. The van der Waals surface area contributed by atoms with E-state index in [4.69, 9.17) is 51.2 Å². The van der Waals surface area contributed by atoms with Crippen molar-refractivity contribution in [1.82, 2.24) is 9.71 Å². The Balaban J connectivity index is 1.99. The van der Waals surface area contributed by atoms with Gasteiger partial charge in [0.05, 0.1) is 11.2 Å². The van der Waals surface area contributed by atoms with Gasteiger partial charge in [-0.25, -0.2) is 4.98 Å². The fourth-order valence-corrected chi connectivity index (χ4v) is 3.51. The zero-order valence-corrected chi connectivity index (χ0v) is 16.7. The highest BCUT2D eigenvalue weighted by atomic mass is 35.5. The number of aromatic nitrogens is 2. The highest BCUT2D eigenvalue weighted by molar-refractivity contribution is 6.37. The molecule has 0 aliphatic rings. The molecule has 9 heteroatoms. The molecule has 3 rings (SSSR count). The van der Waals surface area contributed by atoms with Crippen LogP contribution in [-0.4, -0.2) is 26.7 Å². The number of imidazole rings is 1. The maximum atomic E-state index is 9.70. The molecular formula is C18H13Cl4N3O2. The van der Waals surface area contributed by atoms with Crippen molar-refractivity contribution < 1.29 is 10.0 Å². The zero-order chi connectivity index (χ0) is 19.4. The Labute approximate surface area is 175 Å². The van der Waals surface area contributed by atoms with Crippen molar-refractivity contribution >= 4 is 52.1 Å². The van der Waals surface area contributed by atoms with Gasteiger partial charge in [0.25, 0.3) is 0 Å². The molecule has 1 unspecified atom stereocenters. The molecule has 5 nitrogen and oxygen atoms in total. The largest absolute Gasteiger partial charge is 0.411 e. The Morgan fingerprint density at radius 3 is 2.37 bits per heavy atom. The second-order valence-corrected chi connectivity index (χ2v) is 7.25. The maximum Gasteiger partial charge on any atom is 0.175 e. The molecule has 0 spiro atoms. The van der Waals surface area contributed by atoms with Crippen LogP contribution in [0, 0.1) is 0 Å². The van der Waals surface area contributed by atoms with Crippen LogP contribution in [0.3, 0.4) is 0 Å². The number of nitrogens with zero attached hydrogens (tertiary/aromatic N) is 3. The van der Waals surface area contributed by atoms with Gasteiger partial charge in [-0.3, -0.25) is 0 Å². The first-order valence-corrected chi connectivity index (χ1v) is 9.25. The lowest BCUT2D eigenvalue weighted by atomic mass is 9.99. The Morgan fingerprint density at radius 1 is 1.07 bits per heavy atom. The van der Waals surface area contributed by atoms with Crippen LogP contribution in [-0.2, 0) is 6.42 Å². The van der Waals surface area contributed by atoms with Crippen LogP contribution in [0.4, 0.5) is 0 Å². The maximum absolute atomic E-state index is 9.70. The third kappa shape index (κ3) is 4.87. The minimum atomic E-state index is -0.721. The summed E-state index contributed by atoms with van der Waals surface area (Å²) in [5.74, 6) is 0. The average Bonchev–Trinajstić information content (AvgIpc) is 3.12. The van der Waals surface area contributed by atoms with Gasteiger partial charge in [-0.05, 0) is 35.9 Å². The monoisotopic (exact) mass is 443 g/mol. The molecule has 0 saturated heterocycles. The first kappa shape index (κ1) is 19.8. The summed E-state index contributed by atoms with van der Waals surface area (Å²) in [5, 5.41) is 14.9. The van der Waals surface area contributed by atoms with Crippen molar-refractivity contribution in [3.05, 3.63) is 86.3 Å². The predicted molar refractivity (Wildman–Crippen MR) is 108 cm³/mol. The lowest BCUT2D eigenvalue weighted by Gasteiger charge is -2.21. The van der Waals surface area contributed by atoms with Gasteiger partial charge in [0.2, 0.25) is 0 Å². The van der Waals surface area contributed by atoms with Crippen LogP contribution in [0.25, 0.3) is 0 Å². The summed E-state index contributed by atoms with van der Waals surface area (Å²) in [5.41, 5.74) is 1.47. The van der Waals surface area contributed by atoms with Crippen LogP contribution < -0.4 is 4.84 Å². The van der Waals surface area contributed by atoms with Gasteiger partial charge in [0.15, 0.2) is 6.10 Å². The zero-order valence-electron chi connectivity index (χ0n) is 13.7. The first-order valence-electron chi connectivity index (χ1n) is 7.74. The van der Waals surface area contributed by atoms with Crippen LogP contribution >= 0.6 is 46.4 Å². The summed E-state index contributed by atoms with van der Waals surface area (Å²) >= 11 is 24.5. The molecule has 0 bridgehead atoms. The summed E-state index contributed by atoms with van der Waals surface area (Å²) in [6, 6.07) is 10.0. The van der Waals surface area contributed by atoms with Crippen LogP contribution in [0.5, 0.6) is 0 Å². The topological polar surface area (TPSA) is 59.6 Å². The molecule has 0 amide bonds. The standard InChI is InChI=1S/C18H13Cl4N3O2/c19-12-2-1-11(15(21)8-12)7-17(27-25-6-5-23-10-25)18(24-26)14-4-3-13(20)9-16(14)22/h1-6,8-10,17,26H,7H2. The Morgan fingerprint density at radius 2 is 1.78 bits per heavy atom. The van der Waals surface area contributed by atoms with Crippen molar-refractivity contribution in [2.24, 2.45) is 5.16 Å². The lowest BCUT2D eigenvalue weighted by molar-refractivity contribution is 0.0752. The second-order valence-electron chi connectivity index (χ2n) is 5.57. The minimum absolute atomic E-state index is 0.219. The van der Waals surface area contributed by atoms with E-state index in [1.54, 1.807) is 48.8 Å². The van der Waals surface area contributed by atoms with Crippen LogP contribution in [0.15, 0.2) is 60.3 Å². The average molecular weight is 445 g/mol. The van der Waals surface area contributed by atoms with Gasteiger partial charge >= 0.3 is 0 Å². The van der Waals surface area contributed by atoms with Gasteiger partial charge in [-0.1, -0.05) is 57.6 Å². The van der Waals surface area contributed by atoms with E-state index in [1.165, 1.54) is 11.1 Å². The quantitative estimate of drug-likeness (QED) is 0.314. The van der Waals surface area contributed by atoms with E-state index in [-0.39, 0.29) is 5.71 Å². The van der Waals surface area contributed by atoms with Gasteiger partial charge in [0, 0.05) is 33.2 Å². The molecule has 140 valence electrons. The van der Waals surface area contributed by atoms with Crippen molar-refractivity contribution in [2.75, 3.05) is 0 Å². The fourth-order valence-electron chi connectivity index (χ4n) is 2.52. The Bertz CT molecular complexity index is 961. The molecule has 3 aromatic rings. The van der Waals surface area contributed by atoms with Crippen molar-refractivity contribution in [1.29, 1.82) is 0 Å². The number of halogens is 4. The fraction of sp³-hybridized carbons (Fsp3) is 0.111. The summed E-state index contributed by atoms with van der Waals surface area (Å²) in [7, 11) is 0. The number of oxime groups is 1. The highest BCUT2D eigenvalue weighted by Crippen LogP contribution is 2.26. The Hall–Kier alpha value is -1.92. The smallest absolute Gasteiger partial charge is 0.175 e. The van der Waals surface area contributed by atoms with Crippen molar-refractivity contribution in [3.63, 3.8) is 0 Å². The van der Waals surface area contributed by atoms with Crippen LogP contribution in [0.2, 0.25) is 20.1 Å². The van der Waals surface area contributed by atoms with E-state index < -0.39 is 6.10 Å². The predicted octanol–water partition coefficient (Wildman–Crippen LogP) is 5.42. The normalized spacial score (nSPS) is 12.8. The molecule has 0 fully saturated rings. The highest BCUT2D eigenvalue weighted by Gasteiger charge is 2.25. The first-order chi connectivity index (χ1) is 13.0. The van der Waals surface area contributed by atoms with E-state index in [9.17, 15) is 5.21 Å². The van der Waals surface area contributed by atoms with Crippen molar-refractivity contribution in [3.8, 4) is 0 Å². The van der Waals surface area contributed by atoms with Gasteiger partial charge in [-0.15, -0.1) is 0 Å². The summed E-state index contributed by atoms with van der Waals surface area (Å²) < 4.78 is 1.41. The van der Waals surface area contributed by atoms with Gasteiger partial charge in [-0.2, -0.15) is 4.73 Å². The molecule has 1 heterocycles. The Kier molecular flexibility index (Phi) is 6.50. The lowest BCUT2D eigenvalue weighted by Crippen LogP contribution is -2.35. The third-order valence-corrected chi connectivity index (χ3v) is 4.90. The summed E-state index contributed by atoms with van der Waals surface area (Å²) in [6.07, 6.45) is 4.25. The third-order valence-electron chi connectivity index (χ3n) is 3.77. The van der Waals surface area contributed by atoms with Crippen LogP contribution in [0.1, 0.15) is 11.1 Å². The molecular weight excluding hydrogens is 432 g/mol. The minimum Gasteiger partial charge on any atom is -0.411 e. The molecule has 1 N–H and O–H groups in total. The van der Waals surface area contributed by atoms with E-state index in [1.807, 2.05) is 0 Å². The molecule has 1 aromatic heterocycles.